The number of aromatic carboxylic acids is 2. The van der Waals surface area contributed by atoms with Crippen molar-refractivity contribution in [2.45, 2.75) is 13.1 Å². The summed E-state index contributed by atoms with van der Waals surface area (Å²) in [4.78, 5) is 57.0. The Kier molecular flexibility index (Phi) is 11.3. The van der Waals surface area contributed by atoms with Crippen LogP contribution in [0.15, 0.2) is 105 Å². The molecule has 298 valence electrons. The number of nitrogens with zero attached hydrogens (tertiary/aromatic N) is 2. The van der Waals surface area contributed by atoms with Crippen LogP contribution in [0.25, 0.3) is 44.5 Å². The van der Waals surface area contributed by atoms with E-state index in [1.807, 2.05) is 6.92 Å². The first-order chi connectivity index (χ1) is 28.1. The lowest BCUT2D eigenvalue weighted by molar-refractivity contribution is -0.137. The lowest BCUT2D eigenvalue weighted by Gasteiger charge is -2.11. The van der Waals surface area contributed by atoms with Gasteiger partial charge in [-0.25, -0.2) is 19.6 Å². The fourth-order valence-corrected chi connectivity index (χ4v) is 8.18. The predicted octanol–water partition coefficient (Wildman–Crippen LogP) is 11.6. The second-order valence-electron chi connectivity index (χ2n) is 12.4. The molecule has 0 radical (unpaired) electrons. The molecule has 4 aromatic carbocycles. The highest BCUT2D eigenvalue weighted by atomic mass is 35.5. The van der Waals surface area contributed by atoms with E-state index in [1.165, 1.54) is 11.4 Å². The Labute approximate surface area is 347 Å². The van der Waals surface area contributed by atoms with Crippen molar-refractivity contribution in [3.63, 3.8) is 0 Å². The Balaban J connectivity index is 0.000000180. The molecule has 4 N–H and O–H groups in total. The van der Waals surface area contributed by atoms with Crippen molar-refractivity contribution >= 4 is 102 Å². The zero-order chi connectivity index (χ0) is 42.2. The molecule has 0 aliphatic carbocycles. The number of carbonyl (C=O) groups is 4. The summed E-state index contributed by atoms with van der Waals surface area (Å²) in [5.41, 5.74) is 2.50. The van der Waals surface area contributed by atoms with Gasteiger partial charge in [-0.15, -0.1) is 22.7 Å². The molecular weight excluding hydrogens is 856 g/mol. The van der Waals surface area contributed by atoms with Gasteiger partial charge in [0.15, 0.2) is 11.2 Å². The molecule has 12 nitrogen and oxygen atoms in total. The molecule has 8 aromatic rings. The minimum absolute atomic E-state index is 0.00673. The van der Waals surface area contributed by atoms with Gasteiger partial charge in [0.05, 0.1) is 10.6 Å². The van der Waals surface area contributed by atoms with Gasteiger partial charge in [-0.3, -0.25) is 9.59 Å². The number of oxazole rings is 2. The number of hydrogen-bond donors (Lipinski definition) is 4. The molecular formula is C40H23Cl2F3N4O8S2. The summed E-state index contributed by atoms with van der Waals surface area (Å²) in [6, 6.07) is 22.0. The van der Waals surface area contributed by atoms with E-state index in [4.69, 9.17) is 32.0 Å². The summed E-state index contributed by atoms with van der Waals surface area (Å²) in [6.07, 6.45) is -4.71. The number of aryl methyl sites for hydroxylation is 1. The third kappa shape index (κ3) is 8.54. The van der Waals surface area contributed by atoms with Crippen LogP contribution in [0.5, 0.6) is 0 Å². The Hall–Kier alpha value is -6.53. The molecule has 59 heavy (non-hydrogen) atoms. The largest absolute Gasteiger partial charge is 0.478 e. The van der Waals surface area contributed by atoms with Crippen LogP contribution in [0, 0.1) is 6.92 Å². The molecule has 0 saturated carbocycles. The first-order valence-electron chi connectivity index (χ1n) is 16.8. The number of thiophene rings is 2. The van der Waals surface area contributed by atoms with Crippen LogP contribution in [-0.2, 0) is 6.18 Å². The Bertz CT molecular complexity index is 2890. The topological polar surface area (TPSA) is 185 Å². The number of para-hydroxylation sites is 4. The number of carboxylic acids is 2. The first kappa shape index (κ1) is 40.7. The number of nitrogens with one attached hydrogen (secondary N) is 2. The number of amides is 2. The number of halogens is 5. The maximum atomic E-state index is 13.2. The van der Waals surface area contributed by atoms with Crippen LogP contribution in [0.4, 0.5) is 23.2 Å². The van der Waals surface area contributed by atoms with E-state index in [9.17, 15) is 42.6 Å². The molecule has 4 aromatic heterocycles. The van der Waals surface area contributed by atoms with Gasteiger partial charge in [-0.1, -0.05) is 59.6 Å². The molecule has 0 aliphatic heterocycles. The number of hydrogen-bond acceptors (Lipinski definition) is 10. The SMILES string of the molecule is Cc1cc(Cl)ccc1-c1csc(NC(=O)c2nc3ccccc3o2)c1C(=O)O.O=C(Nc1scc(-c2ccc(Cl)c(C(F)(F)F)c2)c1C(=O)O)c1nc2ccccc2o1. The van der Waals surface area contributed by atoms with Crippen LogP contribution in [0.2, 0.25) is 10.0 Å². The highest BCUT2D eigenvalue weighted by molar-refractivity contribution is 7.15. The molecule has 0 saturated heterocycles. The van der Waals surface area contributed by atoms with Crippen LogP contribution in [0.1, 0.15) is 53.2 Å². The predicted molar refractivity (Wildman–Crippen MR) is 217 cm³/mol. The van der Waals surface area contributed by atoms with Crippen LogP contribution < -0.4 is 10.6 Å². The minimum atomic E-state index is -4.71. The lowest BCUT2D eigenvalue weighted by atomic mass is 9.99. The third-order valence-corrected chi connectivity index (χ3v) is 10.9. The molecule has 0 fully saturated rings. The van der Waals surface area contributed by atoms with E-state index in [1.54, 1.807) is 72.1 Å². The van der Waals surface area contributed by atoms with Crippen molar-refractivity contribution in [1.82, 2.24) is 9.97 Å². The van der Waals surface area contributed by atoms with Gasteiger partial charge in [-0.05, 0) is 72.1 Å². The monoisotopic (exact) mass is 878 g/mol. The molecule has 0 unspecified atom stereocenters. The van der Waals surface area contributed by atoms with E-state index >= 15 is 0 Å². The normalized spacial score (nSPS) is 11.3. The van der Waals surface area contributed by atoms with Gasteiger partial charge in [-0.2, -0.15) is 13.2 Å². The number of alkyl halides is 3. The Morgan fingerprint density at radius 2 is 1.19 bits per heavy atom. The number of anilines is 2. The van der Waals surface area contributed by atoms with Crippen molar-refractivity contribution in [2.75, 3.05) is 10.6 Å². The first-order valence-corrected chi connectivity index (χ1v) is 19.3. The van der Waals surface area contributed by atoms with Crippen molar-refractivity contribution < 1.29 is 51.4 Å². The summed E-state index contributed by atoms with van der Waals surface area (Å²) in [6.45, 7) is 1.85. The summed E-state index contributed by atoms with van der Waals surface area (Å²) in [5.74, 6) is -4.38. The third-order valence-electron chi connectivity index (χ3n) is 8.50. The fraction of sp³-hybridized carbons (Fsp3) is 0.0500. The van der Waals surface area contributed by atoms with Crippen molar-refractivity contribution in [2.24, 2.45) is 0 Å². The average Bonchev–Trinajstić information content (AvgIpc) is 3.99. The van der Waals surface area contributed by atoms with Crippen molar-refractivity contribution in [3.8, 4) is 22.3 Å². The molecule has 2 amide bonds. The number of carbonyl (C=O) groups excluding carboxylic acids is 2. The zero-order valence-electron chi connectivity index (χ0n) is 29.7. The molecule has 0 aliphatic rings. The highest BCUT2D eigenvalue weighted by Gasteiger charge is 2.34. The average molecular weight is 880 g/mol. The summed E-state index contributed by atoms with van der Waals surface area (Å²) in [7, 11) is 0. The van der Waals surface area contributed by atoms with Gasteiger partial charge in [0.2, 0.25) is 0 Å². The molecule has 0 atom stereocenters. The van der Waals surface area contributed by atoms with Crippen LogP contribution in [-0.4, -0.2) is 43.9 Å². The Morgan fingerprint density at radius 3 is 1.68 bits per heavy atom. The molecule has 0 spiro atoms. The molecule has 0 bridgehead atoms. The van der Waals surface area contributed by atoms with Gasteiger partial charge in [0.25, 0.3) is 11.8 Å². The number of rotatable bonds is 8. The minimum Gasteiger partial charge on any atom is -0.478 e. The van der Waals surface area contributed by atoms with Gasteiger partial charge in [0.1, 0.15) is 32.2 Å². The maximum absolute atomic E-state index is 13.2. The second-order valence-corrected chi connectivity index (χ2v) is 15.0. The smallest absolute Gasteiger partial charge is 0.417 e. The van der Waals surface area contributed by atoms with Crippen LogP contribution >= 0.6 is 45.9 Å². The summed E-state index contributed by atoms with van der Waals surface area (Å²) >= 11 is 13.6. The quantitative estimate of drug-likeness (QED) is 0.114. The molecule has 19 heteroatoms. The van der Waals surface area contributed by atoms with Gasteiger partial charge < -0.3 is 29.7 Å². The van der Waals surface area contributed by atoms with Crippen LogP contribution in [0.3, 0.4) is 0 Å². The standard InChI is InChI=1S/C20H10ClF3N2O4S.C20H13ClN2O4S/c21-12-6-5-9(7-11(12)20(22,23)24)10-8-31-18(15(10)19(28)29)26-16(27)17-25-13-3-1-2-4-14(13)30-17;1-10-8-11(21)6-7-12(10)13-9-28-19(16(13)20(25)26)23-17(24)18-22-14-4-2-3-5-15(14)27-18/h1-8H,(H,26,27)(H,28,29);2-9H,1H3,(H,23,24)(H,25,26). The van der Waals surface area contributed by atoms with Crippen molar-refractivity contribution in [3.05, 3.63) is 140 Å². The van der Waals surface area contributed by atoms with Gasteiger partial charge in [0, 0.05) is 26.9 Å². The van der Waals surface area contributed by atoms with Gasteiger partial charge >= 0.3 is 29.9 Å². The van der Waals surface area contributed by atoms with E-state index < -0.39 is 40.5 Å². The van der Waals surface area contributed by atoms with E-state index in [0.29, 0.717) is 32.8 Å². The number of fused-ring (bicyclic) bond motifs is 2. The fourth-order valence-electron chi connectivity index (χ4n) is 5.83. The number of carboxylic acid groups (broad SMARTS) is 2. The van der Waals surface area contributed by atoms with Crippen molar-refractivity contribution in [1.29, 1.82) is 0 Å². The van der Waals surface area contributed by atoms with E-state index in [2.05, 4.69) is 20.6 Å². The maximum Gasteiger partial charge on any atom is 0.417 e. The molecule has 4 heterocycles. The second kappa shape index (κ2) is 16.4. The summed E-state index contributed by atoms with van der Waals surface area (Å²) in [5, 5.41) is 27.6. The lowest BCUT2D eigenvalue weighted by Crippen LogP contribution is -2.14. The number of benzene rings is 4. The highest BCUT2D eigenvalue weighted by Crippen LogP contribution is 2.41. The zero-order valence-corrected chi connectivity index (χ0v) is 32.8. The summed E-state index contributed by atoms with van der Waals surface area (Å²) < 4.78 is 50.4. The molecule has 8 rings (SSSR count). The Morgan fingerprint density at radius 1 is 0.678 bits per heavy atom. The van der Waals surface area contributed by atoms with E-state index in [0.717, 1.165) is 45.9 Å². The number of aromatic nitrogens is 2. The van der Waals surface area contributed by atoms with E-state index in [-0.39, 0.29) is 44.0 Å².